The predicted molar refractivity (Wildman–Crippen MR) is 101 cm³/mol. The first-order valence-corrected chi connectivity index (χ1v) is 9.05. The van der Waals surface area contributed by atoms with Crippen LogP contribution in [-0.4, -0.2) is 35.0 Å². The van der Waals surface area contributed by atoms with Crippen LogP contribution in [0.15, 0.2) is 30.3 Å². The van der Waals surface area contributed by atoms with E-state index in [4.69, 9.17) is 0 Å². The van der Waals surface area contributed by atoms with Gasteiger partial charge in [0.25, 0.3) is 0 Å². The quantitative estimate of drug-likeness (QED) is 0.595. The second-order valence-corrected chi connectivity index (χ2v) is 7.44. The van der Waals surface area contributed by atoms with Gasteiger partial charge in [0.05, 0.1) is 6.42 Å². The van der Waals surface area contributed by atoms with Crippen molar-refractivity contribution in [2.45, 2.75) is 59.0 Å². The van der Waals surface area contributed by atoms with Gasteiger partial charge in [0.1, 0.15) is 12.1 Å². The summed E-state index contributed by atoms with van der Waals surface area (Å²) >= 11 is 0. The fourth-order valence-corrected chi connectivity index (χ4v) is 2.69. The third-order valence-corrected chi connectivity index (χ3v) is 3.89. The average Bonchev–Trinajstić information content (AvgIpc) is 2.53. The van der Waals surface area contributed by atoms with E-state index in [1.165, 1.54) is 0 Å². The topological polar surface area (TPSA) is 95.5 Å². The van der Waals surface area contributed by atoms with Crippen LogP contribution in [0.25, 0.3) is 0 Å². The van der Waals surface area contributed by atoms with E-state index >= 15 is 0 Å². The summed E-state index contributed by atoms with van der Waals surface area (Å²) in [6, 6.07) is 7.56. The Morgan fingerprint density at radius 2 is 1.42 bits per heavy atom. The van der Waals surface area contributed by atoms with E-state index in [2.05, 4.69) is 10.6 Å². The maximum absolute atomic E-state index is 12.6. The van der Waals surface area contributed by atoms with Crippen molar-refractivity contribution in [1.29, 1.82) is 0 Å². The molecule has 26 heavy (non-hydrogen) atoms. The van der Waals surface area contributed by atoms with Crippen molar-refractivity contribution < 1.29 is 19.5 Å². The number of carbonyl (C=O) groups excluding carboxylic acids is 2. The molecule has 0 radical (unpaired) electrons. The minimum absolute atomic E-state index is 0.132. The molecule has 0 aromatic heterocycles. The molecule has 0 heterocycles. The highest BCUT2D eigenvalue weighted by atomic mass is 16.4. The number of benzene rings is 1. The van der Waals surface area contributed by atoms with Crippen LogP contribution < -0.4 is 10.6 Å². The first-order valence-electron chi connectivity index (χ1n) is 9.05. The third kappa shape index (κ3) is 8.14. The number of aliphatic carboxylic acids is 1. The molecule has 144 valence electrons. The molecule has 1 rings (SSSR count). The molecule has 3 N–H and O–H groups in total. The molecule has 2 unspecified atom stereocenters. The first-order chi connectivity index (χ1) is 12.2. The Bertz CT molecular complexity index is 599. The lowest BCUT2D eigenvalue weighted by Gasteiger charge is -2.23. The monoisotopic (exact) mass is 362 g/mol. The normalized spacial score (nSPS) is 13.3. The molecule has 0 aliphatic heterocycles. The molecule has 0 aliphatic rings. The molecule has 6 heteroatoms. The molecule has 2 amide bonds. The number of hydrogen-bond donors (Lipinski definition) is 3. The van der Waals surface area contributed by atoms with Crippen LogP contribution in [0.3, 0.4) is 0 Å². The second-order valence-electron chi connectivity index (χ2n) is 7.44. The van der Waals surface area contributed by atoms with E-state index in [-0.39, 0.29) is 24.2 Å². The summed E-state index contributed by atoms with van der Waals surface area (Å²) in [5.41, 5.74) is 0.858. The van der Waals surface area contributed by atoms with Crippen LogP contribution in [0.4, 0.5) is 0 Å². The Balaban J connectivity index is 2.76. The number of carbonyl (C=O) groups is 3. The van der Waals surface area contributed by atoms with Gasteiger partial charge in [-0.1, -0.05) is 58.0 Å². The molecule has 0 aliphatic carbocycles. The Morgan fingerprint density at radius 1 is 0.885 bits per heavy atom. The number of carboxylic acids is 1. The Labute approximate surface area is 155 Å². The number of nitrogens with one attached hydrogen (secondary N) is 2. The largest absolute Gasteiger partial charge is 0.480 e. The summed E-state index contributed by atoms with van der Waals surface area (Å²) in [4.78, 5) is 36.2. The van der Waals surface area contributed by atoms with Crippen molar-refractivity contribution >= 4 is 17.8 Å². The molecule has 0 saturated heterocycles. The summed E-state index contributed by atoms with van der Waals surface area (Å²) in [5, 5.41) is 14.6. The van der Waals surface area contributed by atoms with E-state index in [0.29, 0.717) is 12.8 Å². The van der Waals surface area contributed by atoms with Crippen LogP contribution in [0.2, 0.25) is 0 Å². The van der Waals surface area contributed by atoms with E-state index in [0.717, 1.165) is 5.56 Å². The molecule has 1 aromatic carbocycles. The van der Waals surface area contributed by atoms with Crippen LogP contribution in [-0.2, 0) is 20.8 Å². The highest BCUT2D eigenvalue weighted by Crippen LogP contribution is 2.09. The van der Waals surface area contributed by atoms with Crippen molar-refractivity contribution in [2.24, 2.45) is 11.8 Å². The van der Waals surface area contributed by atoms with Gasteiger partial charge in [0, 0.05) is 0 Å². The van der Waals surface area contributed by atoms with E-state index in [1.54, 1.807) is 0 Å². The zero-order chi connectivity index (χ0) is 19.7. The lowest BCUT2D eigenvalue weighted by Crippen LogP contribution is -2.52. The number of carboxylic acid groups (broad SMARTS) is 1. The summed E-state index contributed by atoms with van der Waals surface area (Å²) in [5.74, 6) is -1.46. The SMILES string of the molecule is CC(C)CC(NC(=O)C(CC(C)C)NC(=O)Cc1ccccc1)C(=O)O. The van der Waals surface area contributed by atoms with E-state index in [1.807, 2.05) is 58.0 Å². The number of hydrogen-bond acceptors (Lipinski definition) is 3. The van der Waals surface area contributed by atoms with Crippen LogP contribution in [0, 0.1) is 11.8 Å². The lowest BCUT2D eigenvalue weighted by atomic mass is 10.00. The zero-order valence-corrected chi connectivity index (χ0v) is 16.0. The maximum Gasteiger partial charge on any atom is 0.326 e. The fourth-order valence-electron chi connectivity index (χ4n) is 2.69. The number of amides is 2. The van der Waals surface area contributed by atoms with Gasteiger partial charge in [-0.3, -0.25) is 9.59 Å². The van der Waals surface area contributed by atoms with Crippen molar-refractivity contribution in [3.63, 3.8) is 0 Å². The van der Waals surface area contributed by atoms with Gasteiger partial charge in [0.15, 0.2) is 0 Å². The van der Waals surface area contributed by atoms with Crippen molar-refractivity contribution in [3.05, 3.63) is 35.9 Å². The highest BCUT2D eigenvalue weighted by molar-refractivity contribution is 5.90. The van der Waals surface area contributed by atoms with Gasteiger partial charge in [-0.25, -0.2) is 4.79 Å². The van der Waals surface area contributed by atoms with Gasteiger partial charge in [-0.05, 0) is 30.2 Å². The van der Waals surface area contributed by atoms with Gasteiger partial charge >= 0.3 is 5.97 Å². The minimum Gasteiger partial charge on any atom is -0.480 e. The Morgan fingerprint density at radius 3 is 1.92 bits per heavy atom. The van der Waals surface area contributed by atoms with Crippen molar-refractivity contribution in [1.82, 2.24) is 10.6 Å². The predicted octanol–water partition coefficient (Wildman–Crippen LogP) is 2.38. The molecule has 6 nitrogen and oxygen atoms in total. The summed E-state index contributed by atoms with van der Waals surface area (Å²) < 4.78 is 0. The van der Waals surface area contributed by atoms with Crippen LogP contribution in [0.1, 0.15) is 46.1 Å². The summed E-state index contributed by atoms with van der Waals surface area (Å²) in [6.45, 7) is 7.70. The van der Waals surface area contributed by atoms with Gasteiger partial charge in [-0.15, -0.1) is 0 Å². The first kappa shape index (κ1) is 21.7. The van der Waals surface area contributed by atoms with Crippen LogP contribution in [0.5, 0.6) is 0 Å². The standard InChI is InChI=1S/C20H30N2O4/c1-13(2)10-16(19(24)22-17(20(25)26)11-14(3)4)21-18(23)12-15-8-6-5-7-9-15/h5-9,13-14,16-17H,10-12H2,1-4H3,(H,21,23)(H,22,24)(H,25,26). The second kappa shape index (κ2) is 10.6. The van der Waals surface area contributed by atoms with Gasteiger partial charge < -0.3 is 15.7 Å². The van der Waals surface area contributed by atoms with E-state index in [9.17, 15) is 19.5 Å². The molecular weight excluding hydrogens is 332 g/mol. The van der Waals surface area contributed by atoms with Crippen molar-refractivity contribution in [2.75, 3.05) is 0 Å². The highest BCUT2D eigenvalue weighted by Gasteiger charge is 2.27. The zero-order valence-electron chi connectivity index (χ0n) is 16.0. The molecule has 0 spiro atoms. The maximum atomic E-state index is 12.6. The third-order valence-electron chi connectivity index (χ3n) is 3.89. The molecule has 2 atom stereocenters. The average molecular weight is 362 g/mol. The van der Waals surface area contributed by atoms with Gasteiger partial charge in [0.2, 0.25) is 11.8 Å². The lowest BCUT2D eigenvalue weighted by molar-refractivity contribution is -0.142. The Kier molecular flexibility index (Phi) is 8.82. The van der Waals surface area contributed by atoms with Crippen molar-refractivity contribution in [3.8, 4) is 0 Å². The van der Waals surface area contributed by atoms with Gasteiger partial charge in [-0.2, -0.15) is 0 Å². The van der Waals surface area contributed by atoms with E-state index < -0.39 is 24.0 Å². The smallest absolute Gasteiger partial charge is 0.326 e. The Hall–Kier alpha value is -2.37. The van der Waals surface area contributed by atoms with Crippen LogP contribution >= 0.6 is 0 Å². The molecule has 0 fully saturated rings. The molecule has 0 bridgehead atoms. The fraction of sp³-hybridized carbons (Fsp3) is 0.550. The minimum atomic E-state index is -1.06. The number of rotatable bonds is 10. The summed E-state index contributed by atoms with van der Waals surface area (Å²) in [6.07, 6.45) is 0.963. The molecular formula is C20H30N2O4. The molecule has 0 saturated carbocycles. The summed E-state index contributed by atoms with van der Waals surface area (Å²) in [7, 11) is 0. The molecule has 1 aromatic rings.